The minimum atomic E-state index is 0.540. The quantitative estimate of drug-likeness (QED) is 0.538. The van der Waals surface area contributed by atoms with Crippen molar-refractivity contribution in [2.45, 2.75) is 64.3 Å². The summed E-state index contributed by atoms with van der Waals surface area (Å²) < 4.78 is 0. The number of hydrogen-bond donors (Lipinski definition) is 1. The molecule has 0 amide bonds. The molecule has 0 radical (unpaired) electrons. The van der Waals surface area contributed by atoms with Gasteiger partial charge in [0, 0.05) is 12.5 Å². The normalized spacial score (nSPS) is 20.5. The SMILES string of the molecule is C#CCC(CC)NCC1CCCCCC1. The van der Waals surface area contributed by atoms with Crippen molar-refractivity contribution in [1.29, 1.82) is 0 Å². The Hall–Kier alpha value is -0.480. The maximum Gasteiger partial charge on any atom is 0.0240 e. The Balaban J connectivity index is 2.19. The molecule has 1 aliphatic rings. The van der Waals surface area contributed by atoms with Gasteiger partial charge in [0.25, 0.3) is 0 Å². The molecule has 0 heterocycles. The van der Waals surface area contributed by atoms with Gasteiger partial charge in [-0.15, -0.1) is 12.3 Å². The Morgan fingerprint density at radius 2 is 1.93 bits per heavy atom. The van der Waals surface area contributed by atoms with Crippen molar-refractivity contribution in [2.24, 2.45) is 5.92 Å². The van der Waals surface area contributed by atoms with Crippen LogP contribution < -0.4 is 5.32 Å². The predicted molar refractivity (Wildman–Crippen MR) is 66.7 cm³/mol. The van der Waals surface area contributed by atoms with Crippen molar-refractivity contribution in [2.75, 3.05) is 6.54 Å². The van der Waals surface area contributed by atoms with Crippen LogP contribution in [-0.4, -0.2) is 12.6 Å². The first-order valence-electron chi connectivity index (χ1n) is 6.53. The van der Waals surface area contributed by atoms with Crippen LogP contribution in [0, 0.1) is 18.3 Å². The van der Waals surface area contributed by atoms with Crippen molar-refractivity contribution in [3.8, 4) is 12.3 Å². The average Bonchev–Trinajstić information content (AvgIpc) is 2.52. The van der Waals surface area contributed by atoms with Gasteiger partial charge in [0.1, 0.15) is 0 Å². The number of rotatable bonds is 5. The second-order valence-electron chi connectivity index (χ2n) is 4.78. The van der Waals surface area contributed by atoms with Crippen LogP contribution in [0.2, 0.25) is 0 Å². The van der Waals surface area contributed by atoms with Crippen molar-refractivity contribution >= 4 is 0 Å². The molecule has 1 N–H and O–H groups in total. The molecule has 1 rings (SSSR count). The lowest BCUT2D eigenvalue weighted by atomic mass is 9.99. The highest BCUT2D eigenvalue weighted by atomic mass is 14.9. The van der Waals surface area contributed by atoms with Crippen LogP contribution in [0.5, 0.6) is 0 Å². The van der Waals surface area contributed by atoms with Gasteiger partial charge in [-0.05, 0) is 31.7 Å². The summed E-state index contributed by atoms with van der Waals surface area (Å²) in [5.74, 6) is 3.66. The molecule has 0 bridgehead atoms. The standard InChI is InChI=1S/C14H25N/c1-3-9-14(4-2)15-12-13-10-7-5-6-8-11-13/h1,13-15H,4-12H2,2H3. The zero-order valence-electron chi connectivity index (χ0n) is 10.1. The summed E-state index contributed by atoms with van der Waals surface area (Å²) in [5, 5.41) is 3.63. The third-order valence-corrected chi connectivity index (χ3v) is 3.53. The third-order valence-electron chi connectivity index (χ3n) is 3.53. The summed E-state index contributed by atoms with van der Waals surface area (Å²) in [7, 11) is 0. The fourth-order valence-electron chi connectivity index (χ4n) is 2.40. The molecule has 0 saturated heterocycles. The number of hydrogen-bond acceptors (Lipinski definition) is 1. The maximum atomic E-state index is 5.35. The molecule has 1 aliphatic carbocycles. The van der Waals surface area contributed by atoms with E-state index in [1.165, 1.54) is 45.1 Å². The molecular formula is C14H25N. The van der Waals surface area contributed by atoms with E-state index in [4.69, 9.17) is 6.42 Å². The molecule has 86 valence electrons. The smallest absolute Gasteiger partial charge is 0.0240 e. The molecular weight excluding hydrogens is 182 g/mol. The van der Waals surface area contributed by atoms with E-state index >= 15 is 0 Å². The average molecular weight is 207 g/mol. The van der Waals surface area contributed by atoms with Gasteiger partial charge in [-0.2, -0.15) is 0 Å². The van der Waals surface area contributed by atoms with Crippen molar-refractivity contribution in [3.05, 3.63) is 0 Å². The fourth-order valence-corrected chi connectivity index (χ4v) is 2.40. The zero-order valence-corrected chi connectivity index (χ0v) is 10.1. The molecule has 0 spiro atoms. The summed E-state index contributed by atoms with van der Waals surface area (Å²) in [5.41, 5.74) is 0. The highest BCUT2D eigenvalue weighted by Gasteiger charge is 2.13. The Labute approximate surface area is 95.0 Å². The van der Waals surface area contributed by atoms with Gasteiger partial charge in [0.2, 0.25) is 0 Å². The second kappa shape index (κ2) is 7.77. The van der Waals surface area contributed by atoms with Crippen LogP contribution in [0.15, 0.2) is 0 Å². The molecule has 1 saturated carbocycles. The lowest BCUT2D eigenvalue weighted by Gasteiger charge is -2.19. The molecule has 0 aliphatic heterocycles. The highest BCUT2D eigenvalue weighted by molar-refractivity contribution is 4.89. The van der Waals surface area contributed by atoms with E-state index < -0.39 is 0 Å². The number of terminal acetylenes is 1. The molecule has 1 atom stereocenters. The first-order valence-corrected chi connectivity index (χ1v) is 6.53. The molecule has 1 unspecified atom stereocenters. The van der Waals surface area contributed by atoms with Crippen LogP contribution >= 0.6 is 0 Å². The van der Waals surface area contributed by atoms with E-state index in [-0.39, 0.29) is 0 Å². The van der Waals surface area contributed by atoms with E-state index in [0.717, 1.165) is 18.8 Å². The summed E-state index contributed by atoms with van der Waals surface area (Å²) in [6.07, 6.45) is 16.0. The zero-order chi connectivity index (χ0) is 10.9. The van der Waals surface area contributed by atoms with Crippen LogP contribution in [-0.2, 0) is 0 Å². The molecule has 1 nitrogen and oxygen atoms in total. The lowest BCUT2D eigenvalue weighted by Crippen LogP contribution is -2.32. The van der Waals surface area contributed by atoms with Crippen molar-refractivity contribution in [1.82, 2.24) is 5.32 Å². The van der Waals surface area contributed by atoms with Crippen molar-refractivity contribution in [3.63, 3.8) is 0 Å². The van der Waals surface area contributed by atoms with Crippen LogP contribution in [0.4, 0.5) is 0 Å². The Kier molecular flexibility index (Phi) is 6.52. The van der Waals surface area contributed by atoms with E-state index in [1.54, 1.807) is 0 Å². The van der Waals surface area contributed by atoms with Gasteiger partial charge < -0.3 is 5.32 Å². The van der Waals surface area contributed by atoms with Gasteiger partial charge in [0.05, 0.1) is 0 Å². The van der Waals surface area contributed by atoms with Gasteiger partial charge in [-0.25, -0.2) is 0 Å². The van der Waals surface area contributed by atoms with Crippen LogP contribution in [0.25, 0.3) is 0 Å². The summed E-state index contributed by atoms with van der Waals surface area (Å²) >= 11 is 0. The largest absolute Gasteiger partial charge is 0.313 e. The van der Waals surface area contributed by atoms with E-state index in [0.29, 0.717) is 6.04 Å². The molecule has 1 heteroatoms. The fraction of sp³-hybridized carbons (Fsp3) is 0.857. The van der Waals surface area contributed by atoms with E-state index in [2.05, 4.69) is 18.2 Å². The Morgan fingerprint density at radius 3 is 2.47 bits per heavy atom. The van der Waals surface area contributed by atoms with Gasteiger partial charge in [-0.3, -0.25) is 0 Å². The summed E-state index contributed by atoms with van der Waals surface area (Å²) in [4.78, 5) is 0. The molecule has 0 aromatic carbocycles. The second-order valence-corrected chi connectivity index (χ2v) is 4.78. The van der Waals surface area contributed by atoms with Gasteiger partial charge in [0.15, 0.2) is 0 Å². The molecule has 15 heavy (non-hydrogen) atoms. The third kappa shape index (κ3) is 5.23. The van der Waals surface area contributed by atoms with Gasteiger partial charge in [-0.1, -0.05) is 32.6 Å². The first-order chi connectivity index (χ1) is 7.36. The minimum Gasteiger partial charge on any atom is -0.313 e. The minimum absolute atomic E-state index is 0.540. The van der Waals surface area contributed by atoms with Crippen LogP contribution in [0.3, 0.4) is 0 Å². The summed E-state index contributed by atoms with van der Waals surface area (Å²) in [6.45, 7) is 3.39. The molecule has 0 aromatic rings. The van der Waals surface area contributed by atoms with E-state index in [9.17, 15) is 0 Å². The number of nitrogens with one attached hydrogen (secondary N) is 1. The first kappa shape index (κ1) is 12.6. The van der Waals surface area contributed by atoms with Crippen molar-refractivity contribution < 1.29 is 0 Å². The maximum absolute atomic E-state index is 5.35. The molecule has 0 aromatic heterocycles. The monoisotopic (exact) mass is 207 g/mol. The lowest BCUT2D eigenvalue weighted by molar-refractivity contribution is 0.387. The Bertz CT molecular complexity index is 184. The summed E-state index contributed by atoms with van der Waals surface area (Å²) in [6, 6.07) is 0.540. The van der Waals surface area contributed by atoms with Crippen LogP contribution in [0.1, 0.15) is 58.3 Å². The topological polar surface area (TPSA) is 12.0 Å². The van der Waals surface area contributed by atoms with Gasteiger partial charge >= 0.3 is 0 Å². The molecule has 1 fully saturated rings. The van der Waals surface area contributed by atoms with E-state index in [1.807, 2.05) is 0 Å². The highest BCUT2D eigenvalue weighted by Crippen LogP contribution is 2.22. The predicted octanol–water partition coefficient (Wildman–Crippen LogP) is 3.35. The Morgan fingerprint density at radius 1 is 1.27 bits per heavy atom.